The van der Waals surface area contributed by atoms with Crippen molar-refractivity contribution in [2.45, 2.75) is 45.1 Å². The minimum absolute atomic E-state index is 0.133. The van der Waals surface area contributed by atoms with Crippen molar-refractivity contribution < 1.29 is 19.0 Å². The number of benzene rings is 1. The molecule has 0 radical (unpaired) electrons. The molecule has 0 unspecified atom stereocenters. The number of rotatable bonds is 6. The molecule has 1 aromatic rings. The maximum Gasteiger partial charge on any atom is 0.323 e. The second-order valence-corrected chi connectivity index (χ2v) is 6.99. The van der Waals surface area contributed by atoms with Crippen LogP contribution in [-0.4, -0.2) is 31.9 Å². The molecule has 0 amide bonds. The Morgan fingerprint density at radius 2 is 2.16 bits per heavy atom. The van der Waals surface area contributed by atoms with Crippen LogP contribution >= 0.6 is 0 Å². The molecule has 1 aliphatic rings. The summed E-state index contributed by atoms with van der Waals surface area (Å²) in [4.78, 5) is 12.5. The van der Waals surface area contributed by atoms with Crippen molar-refractivity contribution in [3.63, 3.8) is 0 Å². The lowest BCUT2D eigenvalue weighted by molar-refractivity contribution is -0.148. The standard InChI is InChI=1S/C20H27NO4/c1-5-24-19(22)16(13-21)18(14-10-11-25-20(2,3)12-14)15-8-6-7-9-17(15)23-4/h6-9,14,16,18H,5,10-12H2,1-4H3/t14-,16+,18-/m1/s1. The monoisotopic (exact) mass is 345 g/mol. The Morgan fingerprint density at radius 1 is 1.44 bits per heavy atom. The zero-order valence-electron chi connectivity index (χ0n) is 15.5. The molecule has 1 aliphatic heterocycles. The highest BCUT2D eigenvalue weighted by atomic mass is 16.5. The third kappa shape index (κ3) is 4.52. The molecular formula is C20H27NO4. The van der Waals surface area contributed by atoms with Crippen LogP contribution in [0.25, 0.3) is 0 Å². The number of para-hydroxylation sites is 1. The summed E-state index contributed by atoms with van der Waals surface area (Å²) in [5.74, 6) is -0.792. The molecule has 2 rings (SSSR count). The predicted molar refractivity (Wildman–Crippen MR) is 94.2 cm³/mol. The van der Waals surface area contributed by atoms with E-state index >= 15 is 0 Å². The highest BCUT2D eigenvalue weighted by Gasteiger charge is 2.42. The summed E-state index contributed by atoms with van der Waals surface area (Å²) in [6, 6.07) is 9.80. The number of esters is 1. The van der Waals surface area contributed by atoms with Gasteiger partial charge in [-0.05, 0) is 51.2 Å². The number of hydrogen-bond acceptors (Lipinski definition) is 5. The van der Waals surface area contributed by atoms with E-state index in [2.05, 4.69) is 6.07 Å². The largest absolute Gasteiger partial charge is 0.496 e. The number of methoxy groups -OCH3 is 1. The Hall–Kier alpha value is -2.06. The quantitative estimate of drug-likeness (QED) is 0.736. The molecule has 5 heteroatoms. The normalized spacial score (nSPS) is 21.6. The summed E-state index contributed by atoms with van der Waals surface area (Å²) in [6.45, 7) is 6.72. The number of carbonyl (C=O) groups excluding carboxylic acids is 1. The van der Waals surface area contributed by atoms with Crippen LogP contribution in [0.2, 0.25) is 0 Å². The fraction of sp³-hybridized carbons (Fsp3) is 0.600. The van der Waals surface area contributed by atoms with Gasteiger partial charge in [-0.25, -0.2) is 0 Å². The minimum Gasteiger partial charge on any atom is -0.496 e. The molecule has 0 saturated carbocycles. The van der Waals surface area contributed by atoms with E-state index in [1.165, 1.54) is 0 Å². The first-order valence-corrected chi connectivity index (χ1v) is 8.76. The summed E-state index contributed by atoms with van der Waals surface area (Å²) in [6.07, 6.45) is 1.57. The van der Waals surface area contributed by atoms with Gasteiger partial charge in [0.2, 0.25) is 0 Å². The Kier molecular flexibility index (Phi) is 6.44. The van der Waals surface area contributed by atoms with Crippen LogP contribution in [0, 0.1) is 23.2 Å². The van der Waals surface area contributed by atoms with Gasteiger partial charge in [-0.2, -0.15) is 5.26 Å². The fourth-order valence-corrected chi connectivity index (χ4v) is 3.74. The average molecular weight is 345 g/mol. The van der Waals surface area contributed by atoms with Gasteiger partial charge in [-0.1, -0.05) is 18.2 Å². The molecule has 25 heavy (non-hydrogen) atoms. The van der Waals surface area contributed by atoms with Crippen molar-refractivity contribution in [3.05, 3.63) is 29.8 Å². The van der Waals surface area contributed by atoms with Gasteiger partial charge in [0.25, 0.3) is 0 Å². The molecule has 1 aromatic carbocycles. The molecule has 0 bridgehead atoms. The highest BCUT2D eigenvalue weighted by Crippen LogP contribution is 2.45. The molecule has 0 spiro atoms. The van der Waals surface area contributed by atoms with Gasteiger partial charge >= 0.3 is 5.97 Å². The molecule has 1 fully saturated rings. The molecule has 0 aliphatic carbocycles. The lowest BCUT2D eigenvalue weighted by Gasteiger charge is -2.40. The second kappa shape index (κ2) is 8.35. The van der Waals surface area contributed by atoms with Crippen molar-refractivity contribution in [1.82, 2.24) is 0 Å². The summed E-state index contributed by atoms with van der Waals surface area (Å²) >= 11 is 0. The van der Waals surface area contributed by atoms with E-state index in [0.29, 0.717) is 12.4 Å². The zero-order valence-corrected chi connectivity index (χ0v) is 15.5. The fourth-order valence-electron chi connectivity index (χ4n) is 3.74. The van der Waals surface area contributed by atoms with Gasteiger partial charge in [0.05, 0.1) is 25.4 Å². The summed E-state index contributed by atoms with van der Waals surface area (Å²) in [7, 11) is 1.61. The van der Waals surface area contributed by atoms with E-state index in [0.717, 1.165) is 18.4 Å². The van der Waals surface area contributed by atoms with Crippen LogP contribution in [0.1, 0.15) is 45.1 Å². The molecule has 0 aromatic heterocycles. The molecule has 3 atom stereocenters. The number of nitriles is 1. The molecule has 5 nitrogen and oxygen atoms in total. The number of nitrogens with zero attached hydrogens (tertiary/aromatic N) is 1. The van der Waals surface area contributed by atoms with E-state index in [1.807, 2.05) is 38.1 Å². The molecule has 136 valence electrons. The van der Waals surface area contributed by atoms with Crippen molar-refractivity contribution in [3.8, 4) is 11.8 Å². The van der Waals surface area contributed by atoms with Crippen LogP contribution in [0.15, 0.2) is 24.3 Å². The first-order chi connectivity index (χ1) is 11.9. The van der Waals surface area contributed by atoms with Gasteiger partial charge in [0.1, 0.15) is 5.75 Å². The number of carbonyl (C=O) groups is 1. The third-order valence-electron chi connectivity index (χ3n) is 4.78. The lowest BCUT2D eigenvalue weighted by atomic mass is 9.71. The summed E-state index contributed by atoms with van der Waals surface area (Å²) < 4.78 is 16.5. The van der Waals surface area contributed by atoms with Crippen molar-refractivity contribution in [1.29, 1.82) is 5.26 Å². The molecular weight excluding hydrogens is 318 g/mol. The number of hydrogen-bond donors (Lipinski definition) is 0. The SMILES string of the molecule is CCOC(=O)[C@@H](C#N)[C@@H](c1ccccc1OC)[C@@H]1CCOC(C)(C)C1. The van der Waals surface area contributed by atoms with Crippen molar-refractivity contribution in [2.75, 3.05) is 20.3 Å². The molecule has 0 N–H and O–H groups in total. The van der Waals surface area contributed by atoms with E-state index in [1.54, 1.807) is 14.0 Å². The number of ether oxygens (including phenoxy) is 3. The third-order valence-corrected chi connectivity index (χ3v) is 4.78. The van der Waals surface area contributed by atoms with E-state index in [4.69, 9.17) is 14.2 Å². The minimum atomic E-state index is -0.866. The lowest BCUT2D eigenvalue weighted by Crippen LogP contribution is -2.39. The maximum atomic E-state index is 12.5. The van der Waals surface area contributed by atoms with Crippen LogP contribution in [0.3, 0.4) is 0 Å². The van der Waals surface area contributed by atoms with Gasteiger partial charge in [-0.15, -0.1) is 0 Å². The van der Waals surface area contributed by atoms with E-state index in [-0.39, 0.29) is 24.0 Å². The molecule has 1 saturated heterocycles. The second-order valence-electron chi connectivity index (χ2n) is 6.99. The first kappa shape index (κ1) is 19.3. The maximum absolute atomic E-state index is 12.5. The van der Waals surface area contributed by atoms with Crippen LogP contribution < -0.4 is 4.74 Å². The van der Waals surface area contributed by atoms with Gasteiger partial charge in [0, 0.05) is 12.5 Å². The van der Waals surface area contributed by atoms with Crippen molar-refractivity contribution >= 4 is 5.97 Å². The first-order valence-electron chi connectivity index (χ1n) is 8.76. The van der Waals surface area contributed by atoms with Crippen molar-refractivity contribution in [2.24, 2.45) is 11.8 Å². The average Bonchev–Trinajstić information content (AvgIpc) is 2.58. The zero-order chi connectivity index (χ0) is 18.4. The predicted octanol–water partition coefficient (Wildman–Crippen LogP) is 3.69. The Morgan fingerprint density at radius 3 is 2.76 bits per heavy atom. The Bertz CT molecular complexity index is 635. The Balaban J connectivity index is 2.47. The van der Waals surface area contributed by atoms with Gasteiger partial charge < -0.3 is 14.2 Å². The highest BCUT2D eigenvalue weighted by molar-refractivity contribution is 5.77. The Labute approximate surface area is 149 Å². The van der Waals surface area contributed by atoms with Crippen LogP contribution in [0.5, 0.6) is 5.75 Å². The summed E-state index contributed by atoms with van der Waals surface area (Å²) in [5.41, 5.74) is 0.602. The van der Waals surface area contributed by atoms with E-state index in [9.17, 15) is 10.1 Å². The summed E-state index contributed by atoms with van der Waals surface area (Å²) in [5, 5.41) is 9.76. The van der Waals surface area contributed by atoms with Gasteiger partial charge in [-0.3, -0.25) is 4.79 Å². The van der Waals surface area contributed by atoms with Gasteiger partial charge in [0.15, 0.2) is 5.92 Å². The molecule has 1 heterocycles. The topological polar surface area (TPSA) is 68.6 Å². The van der Waals surface area contributed by atoms with E-state index < -0.39 is 11.9 Å². The van der Waals surface area contributed by atoms with Crippen LogP contribution in [0.4, 0.5) is 0 Å². The van der Waals surface area contributed by atoms with Crippen LogP contribution in [-0.2, 0) is 14.3 Å². The smallest absolute Gasteiger partial charge is 0.323 e.